The molecule has 0 radical (unpaired) electrons. The van der Waals surface area contributed by atoms with Crippen LogP contribution < -0.4 is 0 Å². The molecule has 0 aliphatic rings. The Labute approximate surface area is 531 Å². The molecule has 2 rings (SSSR count). The van der Waals surface area contributed by atoms with Gasteiger partial charge in [0.15, 0.2) is 0 Å². The van der Waals surface area contributed by atoms with Crippen molar-refractivity contribution in [2.75, 3.05) is 0 Å². The molecule has 0 amide bonds. The minimum absolute atomic E-state index is 0.785. The average Bonchev–Trinajstić information content (AvgIpc) is 3.60. The Hall–Kier alpha value is -3.54. The quantitative estimate of drug-likeness (QED) is 0.0358. The van der Waals surface area contributed by atoms with Crippen molar-refractivity contribution in [3.05, 3.63) is 59.7 Å². The Morgan fingerprint density at radius 2 is 0.518 bits per heavy atom. The lowest BCUT2D eigenvalue weighted by atomic mass is 10.0. The second-order valence-corrected chi connectivity index (χ2v) is 26.1. The highest BCUT2D eigenvalue weighted by atomic mass is 14.8. The third kappa shape index (κ3) is 52.1. The monoisotopic (exact) mass is 1160 g/mol. The summed E-state index contributed by atoms with van der Waals surface area (Å²) < 4.78 is 0. The van der Waals surface area contributed by atoms with Crippen LogP contribution in [0.2, 0.25) is 0 Å². The molecule has 0 spiro atoms. The van der Waals surface area contributed by atoms with Gasteiger partial charge in [0.1, 0.15) is 5.71 Å². The maximum Gasteiger partial charge on any atom is 0.135 e. The van der Waals surface area contributed by atoms with Crippen molar-refractivity contribution >= 4 is 22.8 Å². The lowest BCUT2D eigenvalue weighted by Gasteiger charge is -2.07. The molecule has 0 saturated carbocycles. The fourth-order valence-corrected chi connectivity index (χ4v) is 12.0. The largest absolute Gasteiger partial charge is 0.250 e. The van der Waals surface area contributed by atoms with E-state index in [0.717, 1.165) is 78.9 Å². The van der Waals surface area contributed by atoms with E-state index in [-0.39, 0.29) is 0 Å². The highest BCUT2D eigenvalue weighted by Gasteiger charge is 2.10. The van der Waals surface area contributed by atoms with E-state index in [0.29, 0.717) is 0 Å². The van der Waals surface area contributed by atoms with Gasteiger partial charge in [0, 0.05) is 30.4 Å². The number of nitrogens with zero attached hydrogens (tertiary/aromatic N) is 2. The van der Waals surface area contributed by atoms with Crippen LogP contribution >= 0.6 is 0 Å². The molecule has 2 aromatic carbocycles. The van der Waals surface area contributed by atoms with Gasteiger partial charge in [-0.25, -0.2) is 4.99 Å². The first-order chi connectivity index (χ1) is 42.2. The zero-order valence-corrected chi connectivity index (χ0v) is 57.2. The predicted molar refractivity (Wildman–Crippen MR) is 384 cm³/mol. The molecule has 0 unspecified atom stereocenters. The van der Waals surface area contributed by atoms with E-state index < -0.39 is 0 Å². The molecule has 0 aliphatic heterocycles. The first-order valence-electron chi connectivity index (χ1n) is 38.0. The zero-order chi connectivity index (χ0) is 60.5. The Kier molecular flexibility index (Phi) is 57.9. The van der Waals surface area contributed by atoms with E-state index >= 15 is 0 Å². The Morgan fingerprint density at radius 1 is 0.271 bits per heavy atom. The second-order valence-electron chi connectivity index (χ2n) is 26.1. The number of hydrogen-bond acceptors (Lipinski definition) is 2. The lowest BCUT2D eigenvalue weighted by Crippen LogP contribution is -2.12. The Balaban J connectivity index is 1.66. The van der Waals surface area contributed by atoms with Crippen LogP contribution in [0.4, 0.5) is 11.4 Å². The van der Waals surface area contributed by atoms with Gasteiger partial charge in [-0.15, -0.1) is 0 Å². The summed E-state index contributed by atoms with van der Waals surface area (Å²) in [5.41, 5.74) is 5.64. The Bertz CT molecular complexity index is 2020. The van der Waals surface area contributed by atoms with E-state index in [2.05, 4.69) is 112 Å². The van der Waals surface area contributed by atoms with Crippen molar-refractivity contribution in [1.29, 1.82) is 0 Å². The van der Waals surface area contributed by atoms with E-state index in [1.165, 1.54) is 334 Å². The molecule has 0 fully saturated rings. The Morgan fingerprint density at radius 3 is 0.824 bits per heavy atom. The average molecular weight is 1160 g/mol. The van der Waals surface area contributed by atoms with Crippen LogP contribution in [0.15, 0.2) is 58.5 Å². The van der Waals surface area contributed by atoms with Crippen molar-refractivity contribution in [3.63, 3.8) is 0 Å². The molecule has 0 saturated heterocycles. The maximum absolute atomic E-state index is 5.27. The SMILES string of the molecule is CCCCCC#CC(=Nc1cccc(C#CCCCCCCCCCCCCCCCCCCCCCCCCCCC)c1)C(CCCC)=Nc1cccc(C#CCCCCCCCCCCCCCCCCCCCCCCCCCCC)c1. The summed E-state index contributed by atoms with van der Waals surface area (Å²) in [6.45, 7) is 9.11. The summed E-state index contributed by atoms with van der Waals surface area (Å²) in [6, 6.07) is 16.9. The highest BCUT2D eigenvalue weighted by molar-refractivity contribution is 6.49. The summed E-state index contributed by atoms with van der Waals surface area (Å²) in [5.74, 6) is 20.9. The zero-order valence-electron chi connectivity index (χ0n) is 57.2. The molecule has 2 nitrogen and oxygen atoms in total. The first kappa shape index (κ1) is 77.6. The summed E-state index contributed by atoms with van der Waals surface area (Å²) >= 11 is 0. The third-order valence-corrected chi connectivity index (χ3v) is 17.6. The molecule has 0 bridgehead atoms. The summed E-state index contributed by atoms with van der Waals surface area (Å²) in [7, 11) is 0. The maximum atomic E-state index is 5.27. The molecular formula is C83H138N2. The third-order valence-electron chi connectivity index (χ3n) is 17.6. The van der Waals surface area contributed by atoms with Gasteiger partial charge >= 0.3 is 0 Å². The van der Waals surface area contributed by atoms with Crippen molar-refractivity contribution in [2.24, 2.45) is 9.98 Å². The smallest absolute Gasteiger partial charge is 0.135 e. The molecule has 480 valence electrons. The summed E-state index contributed by atoms with van der Waals surface area (Å²) in [6.07, 6.45) is 80.5. The first-order valence-corrected chi connectivity index (χ1v) is 38.0. The van der Waals surface area contributed by atoms with Gasteiger partial charge in [-0.05, 0) is 74.4 Å². The predicted octanol–water partition coefficient (Wildman–Crippen LogP) is 28.3. The molecule has 0 heterocycles. The molecule has 0 aromatic heterocycles. The fraction of sp³-hybridized carbons (Fsp3) is 0.759. The molecule has 85 heavy (non-hydrogen) atoms. The van der Waals surface area contributed by atoms with E-state index in [9.17, 15) is 0 Å². The number of hydrogen-bond donors (Lipinski definition) is 0. The molecule has 0 aliphatic carbocycles. The minimum atomic E-state index is 0.785. The van der Waals surface area contributed by atoms with Gasteiger partial charge in [-0.2, -0.15) is 0 Å². The van der Waals surface area contributed by atoms with Crippen LogP contribution in [-0.4, -0.2) is 11.4 Å². The second kappa shape index (κ2) is 63.5. The van der Waals surface area contributed by atoms with Gasteiger partial charge in [0.25, 0.3) is 0 Å². The molecule has 2 heteroatoms. The van der Waals surface area contributed by atoms with Crippen LogP contribution in [0.5, 0.6) is 0 Å². The lowest BCUT2D eigenvalue weighted by molar-refractivity contribution is 0.516. The molecular weight excluding hydrogens is 1020 g/mol. The summed E-state index contributed by atoms with van der Waals surface area (Å²) in [4.78, 5) is 10.5. The van der Waals surface area contributed by atoms with Gasteiger partial charge in [0.2, 0.25) is 0 Å². The molecule has 0 N–H and O–H groups in total. The standard InChI is InChI=1S/C83H138N2/c1-5-9-13-16-18-20-22-24-26-28-30-32-34-36-38-40-42-44-46-48-50-52-54-56-58-61-63-68-78-70-66-72-80(76-78)84-82(74-12-8-4)83(75-65-60-15-11-7-3)85-81-73-67-71-79(77-81)69-64-62-59-57-55-53-51-49-47-45-43-41-39-37-35-33-31-29-27-25-23-21-19-17-14-10-6-2/h66-67,70-73,76-77H,5-62,74H2,1-4H3. The van der Waals surface area contributed by atoms with Crippen molar-refractivity contribution in [3.8, 4) is 35.5 Å². The van der Waals surface area contributed by atoms with Gasteiger partial charge in [-0.3, -0.25) is 4.99 Å². The van der Waals surface area contributed by atoms with Gasteiger partial charge < -0.3 is 0 Å². The molecule has 0 atom stereocenters. The van der Waals surface area contributed by atoms with Crippen LogP contribution in [0.25, 0.3) is 0 Å². The number of rotatable bonds is 59. The topological polar surface area (TPSA) is 24.7 Å². The highest BCUT2D eigenvalue weighted by Crippen LogP contribution is 2.22. The van der Waals surface area contributed by atoms with Crippen molar-refractivity contribution < 1.29 is 0 Å². The van der Waals surface area contributed by atoms with Crippen molar-refractivity contribution in [1.82, 2.24) is 0 Å². The minimum Gasteiger partial charge on any atom is -0.250 e. The molecule has 2 aromatic rings. The number of unbranched alkanes of at least 4 members (excludes halogenated alkanes) is 54. The fourth-order valence-electron chi connectivity index (χ4n) is 12.0. The normalized spacial score (nSPS) is 11.6. The van der Waals surface area contributed by atoms with E-state index in [1.54, 1.807) is 0 Å². The van der Waals surface area contributed by atoms with Crippen LogP contribution in [-0.2, 0) is 0 Å². The van der Waals surface area contributed by atoms with Gasteiger partial charge in [0.05, 0.1) is 17.1 Å². The van der Waals surface area contributed by atoms with Gasteiger partial charge in [-0.1, -0.05) is 397 Å². The van der Waals surface area contributed by atoms with E-state index in [1.807, 2.05) is 0 Å². The number of benzene rings is 2. The van der Waals surface area contributed by atoms with E-state index in [4.69, 9.17) is 9.98 Å². The number of aliphatic imine (C=N–C) groups is 2. The summed E-state index contributed by atoms with van der Waals surface area (Å²) in [5, 5.41) is 0. The van der Waals surface area contributed by atoms with Crippen LogP contribution in [0, 0.1) is 35.5 Å². The van der Waals surface area contributed by atoms with Crippen molar-refractivity contribution in [2.45, 2.75) is 407 Å². The van der Waals surface area contributed by atoms with Crippen LogP contribution in [0.3, 0.4) is 0 Å². The van der Waals surface area contributed by atoms with Crippen LogP contribution in [0.1, 0.15) is 418 Å².